The number of hydrogen-bond donors (Lipinski definition) is 1. The summed E-state index contributed by atoms with van der Waals surface area (Å²) in [6, 6.07) is 7.57. The van der Waals surface area contributed by atoms with E-state index >= 15 is 0 Å². The normalized spacial score (nSPS) is 24.1. The Kier molecular flexibility index (Phi) is 3.76. The van der Waals surface area contributed by atoms with E-state index in [9.17, 15) is 4.79 Å². The Morgan fingerprint density at radius 2 is 2.00 bits per heavy atom. The van der Waals surface area contributed by atoms with E-state index in [-0.39, 0.29) is 17.8 Å². The highest BCUT2D eigenvalue weighted by molar-refractivity contribution is 5.94. The number of benzene rings is 1. The molecule has 1 N–H and O–H groups in total. The third-order valence-electron chi connectivity index (χ3n) is 4.08. The first-order valence-electron chi connectivity index (χ1n) is 7.34. The van der Waals surface area contributed by atoms with Crippen LogP contribution in [0.2, 0.25) is 0 Å². The van der Waals surface area contributed by atoms with Gasteiger partial charge in [0.15, 0.2) is 5.79 Å². The van der Waals surface area contributed by atoms with Crippen LogP contribution >= 0.6 is 0 Å². The summed E-state index contributed by atoms with van der Waals surface area (Å²) < 4.78 is 11.8. The molecule has 1 aromatic rings. The van der Waals surface area contributed by atoms with Crippen molar-refractivity contribution in [1.29, 1.82) is 0 Å². The van der Waals surface area contributed by atoms with Gasteiger partial charge < -0.3 is 14.8 Å². The number of carbonyl (C=O) groups excluding carboxylic acids is 1. The zero-order valence-corrected chi connectivity index (χ0v) is 11.9. The maximum atomic E-state index is 12.0. The van der Waals surface area contributed by atoms with Gasteiger partial charge in [0.05, 0.1) is 6.61 Å². The zero-order valence-electron chi connectivity index (χ0n) is 11.9. The van der Waals surface area contributed by atoms with Gasteiger partial charge in [0.25, 0.3) is 5.91 Å². The molecule has 1 unspecified atom stereocenters. The Hall–Kier alpha value is -1.39. The lowest BCUT2D eigenvalue weighted by Crippen LogP contribution is -2.35. The van der Waals surface area contributed by atoms with E-state index in [4.69, 9.17) is 9.47 Å². The van der Waals surface area contributed by atoms with Gasteiger partial charge in [-0.25, -0.2) is 0 Å². The van der Waals surface area contributed by atoms with Gasteiger partial charge >= 0.3 is 0 Å². The molecule has 4 heteroatoms. The van der Waals surface area contributed by atoms with Crippen molar-refractivity contribution in [2.75, 3.05) is 13.2 Å². The molecule has 1 amide bonds. The minimum Gasteiger partial charge on any atom is -0.349 e. The highest BCUT2D eigenvalue weighted by atomic mass is 16.7. The van der Waals surface area contributed by atoms with Crippen molar-refractivity contribution in [3.8, 4) is 0 Å². The molecule has 1 spiro atoms. The third kappa shape index (κ3) is 2.86. The van der Waals surface area contributed by atoms with Crippen LogP contribution < -0.4 is 5.32 Å². The fraction of sp³-hybridized carbons (Fsp3) is 0.562. The molecule has 1 aromatic carbocycles. The topological polar surface area (TPSA) is 47.6 Å². The number of ether oxygens (including phenoxy) is 2. The van der Waals surface area contributed by atoms with Crippen LogP contribution in [-0.4, -0.2) is 30.9 Å². The van der Waals surface area contributed by atoms with E-state index in [0.29, 0.717) is 18.7 Å². The highest BCUT2D eigenvalue weighted by Crippen LogP contribution is 2.38. The Labute approximate surface area is 119 Å². The molecular formula is C16H21NO3. The lowest BCUT2D eigenvalue weighted by atomic mass is 10.1. The second-order valence-electron chi connectivity index (χ2n) is 5.74. The van der Waals surface area contributed by atoms with Crippen LogP contribution in [0, 0.1) is 6.92 Å². The summed E-state index contributed by atoms with van der Waals surface area (Å²) in [7, 11) is 0. The first-order chi connectivity index (χ1) is 9.67. The predicted octanol–water partition coefficient (Wildman–Crippen LogP) is 2.41. The van der Waals surface area contributed by atoms with Crippen LogP contribution in [0.4, 0.5) is 0 Å². The summed E-state index contributed by atoms with van der Waals surface area (Å²) in [5, 5.41) is 2.92. The molecular weight excluding hydrogens is 254 g/mol. The molecule has 108 valence electrons. The Morgan fingerprint density at radius 1 is 1.30 bits per heavy atom. The first kappa shape index (κ1) is 13.6. The Morgan fingerprint density at radius 3 is 2.70 bits per heavy atom. The molecule has 1 saturated heterocycles. The highest BCUT2D eigenvalue weighted by Gasteiger charge is 2.43. The summed E-state index contributed by atoms with van der Waals surface area (Å²) in [5.41, 5.74) is 1.84. The van der Waals surface area contributed by atoms with E-state index in [2.05, 4.69) is 5.32 Å². The zero-order chi connectivity index (χ0) is 14.0. The van der Waals surface area contributed by atoms with Gasteiger partial charge in [-0.2, -0.15) is 0 Å². The maximum Gasteiger partial charge on any atom is 0.251 e. The average Bonchev–Trinajstić information content (AvgIpc) is 3.08. The fourth-order valence-corrected chi connectivity index (χ4v) is 2.91. The standard InChI is InChI=1S/C16H21NO3/c1-12-4-6-13(7-5-12)15(18)17-10-14-11-19-16(20-14)8-2-3-9-16/h4-7,14H,2-3,8-11H2,1H3,(H,17,18). The van der Waals surface area contributed by atoms with Gasteiger partial charge in [0, 0.05) is 24.9 Å². The van der Waals surface area contributed by atoms with Crippen LogP contribution in [0.15, 0.2) is 24.3 Å². The monoisotopic (exact) mass is 275 g/mol. The molecule has 20 heavy (non-hydrogen) atoms. The van der Waals surface area contributed by atoms with E-state index in [0.717, 1.165) is 18.4 Å². The SMILES string of the molecule is Cc1ccc(C(=O)NCC2COC3(CCCC3)O2)cc1. The molecule has 1 saturated carbocycles. The molecule has 1 atom stereocenters. The van der Waals surface area contributed by atoms with Crippen LogP contribution in [0.3, 0.4) is 0 Å². The van der Waals surface area contributed by atoms with Gasteiger partial charge in [-0.05, 0) is 31.9 Å². The molecule has 1 aliphatic heterocycles. The predicted molar refractivity (Wildman–Crippen MR) is 75.5 cm³/mol. The van der Waals surface area contributed by atoms with Crippen molar-refractivity contribution < 1.29 is 14.3 Å². The molecule has 0 bridgehead atoms. The average molecular weight is 275 g/mol. The summed E-state index contributed by atoms with van der Waals surface area (Å²) in [5.74, 6) is -0.403. The second kappa shape index (κ2) is 5.54. The summed E-state index contributed by atoms with van der Waals surface area (Å²) in [4.78, 5) is 12.0. The summed E-state index contributed by atoms with van der Waals surface area (Å²) in [6.45, 7) is 3.09. The molecule has 1 heterocycles. The number of nitrogens with one attached hydrogen (secondary N) is 1. The maximum absolute atomic E-state index is 12.0. The Balaban J connectivity index is 1.50. The number of rotatable bonds is 3. The van der Waals surface area contributed by atoms with E-state index in [1.165, 1.54) is 12.8 Å². The molecule has 2 aliphatic rings. The quantitative estimate of drug-likeness (QED) is 0.921. The van der Waals surface area contributed by atoms with Crippen molar-refractivity contribution in [3.05, 3.63) is 35.4 Å². The lowest BCUT2D eigenvalue weighted by Gasteiger charge is -2.21. The second-order valence-corrected chi connectivity index (χ2v) is 5.74. The number of hydrogen-bond acceptors (Lipinski definition) is 3. The lowest BCUT2D eigenvalue weighted by molar-refractivity contribution is -0.161. The van der Waals surface area contributed by atoms with Crippen molar-refractivity contribution in [2.24, 2.45) is 0 Å². The van der Waals surface area contributed by atoms with E-state index < -0.39 is 0 Å². The van der Waals surface area contributed by atoms with E-state index in [1.807, 2.05) is 31.2 Å². The summed E-state index contributed by atoms with van der Waals surface area (Å²) in [6.07, 6.45) is 4.28. The van der Waals surface area contributed by atoms with Crippen molar-refractivity contribution in [3.63, 3.8) is 0 Å². The van der Waals surface area contributed by atoms with Gasteiger partial charge in [-0.3, -0.25) is 4.79 Å². The number of amides is 1. The molecule has 0 radical (unpaired) electrons. The minimum absolute atomic E-state index is 0.0255. The largest absolute Gasteiger partial charge is 0.349 e. The molecule has 3 rings (SSSR count). The molecule has 4 nitrogen and oxygen atoms in total. The van der Waals surface area contributed by atoms with Crippen LogP contribution in [0.5, 0.6) is 0 Å². The molecule has 0 aromatic heterocycles. The molecule has 2 fully saturated rings. The van der Waals surface area contributed by atoms with E-state index in [1.54, 1.807) is 0 Å². The van der Waals surface area contributed by atoms with Crippen LogP contribution in [0.1, 0.15) is 41.6 Å². The van der Waals surface area contributed by atoms with Crippen molar-refractivity contribution in [1.82, 2.24) is 5.32 Å². The van der Waals surface area contributed by atoms with Crippen molar-refractivity contribution in [2.45, 2.75) is 44.5 Å². The molecule has 1 aliphatic carbocycles. The number of carbonyl (C=O) groups is 1. The van der Waals surface area contributed by atoms with Crippen LogP contribution in [-0.2, 0) is 9.47 Å². The van der Waals surface area contributed by atoms with Gasteiger partial charge in [0.2, 0.25) is 0 Å². The van der Waals surface area contributed by atoms with Gasteiger partial charge in [-0.15, -0.1) is 0 Å². The third-order valence-corrected chi connectivity index (χ3v) is 4.08. The first-order valence-corrected chi connectivity index (χ1v) is 7.34. The fourth-order valence-electron chi connectivity index (χ4n) is 2.91. The Bertz CT molecular complexity index is 477. The minimum atomic E-state index is -0.348. The van der Waals surface area contributed by atoms with Crippen molar-refractivity contribution >= 4 is 5.91 Å². The smallest absolute Gasteiger partial charge is 0.251 e. The number of aryl methyl sites for hydroxylation is 1. The van der Waals surface area contributed by atoms with Gasteiger partial charge in [0.1, 0.15) is 6.10 Å². The summed E-state index contributed by atoms with van der Waals surface area (Å²) >= 11 is 0. The van der Waals surface area contributed by atoms with Crippen LogP contribution in [0.25, 0.3) is 0 Å². The van der Waals surface area contributed by atoms with Gasteiger partial charge in [-0.1, -0.05) is 17.7 Å².